The summed E-state index contributed by atoms with van der Waals surface area (Å²) in [6.45, 7) is 11.3. The third kappa shape index (κ3) is 55.2. The molecule has 9 nitrogen and oxygen atoms in total. The van der Waals surface area contributed by atoms with Crippen molar-refractivity contribution < 1.29 is 44.2 Å². The van der Waals surface area contributed by atoms with Crippen molar-refractivity contribution in [2.24, 2.45) is 0 Å². The molecule has 0 aromatic heterocycles. The van der Waals surface area contributed by atoms with Crippen molar-refractivity contribution in [3.05, 3.63) is 0 Å². The molecule has 0 aliphatic carbocycles. The molecule has 0 saturated heterocycles. The summed E-state index contributed by atoms with van der Waals surface area (Å²) in [6, 6.07) is 0. The van der Waals surface area contributed by atoms with Gasteiger partial charge in [-0.05, 0) is 38.5 Å². The third-order valence-corrected chi connectivity index (χ3v) is 9.40. The van der Waals surface area contributed by atoms with E-state index in [1.807, 2.05) is 7.11 Å². The number of hydrogen-bond donors (Lipinski definition) is 4. The maximum absolute atomic E-state index is 10.4. The van der Waals surface area contributed by atoms with Gasteiger partial charge in [-0.1, -0.05) is 169 Å². The van der Waals surface area contributed by atoms with Gasteiger partial charge in [0.1, 0.15) is 0 Å². The lowest BCUT2D eigenvalue weighted by Crippen LogP contribution is -2.15. The number of aliphatic hydroxyl groups excluding tert-OH is 2. The number of unbranched alkanes of at least 4 members (excludes halogenated alkanes) is 16. The molecule has 0 bridgehead atoms. The standard InChI is InChI=1S/C12H26O.C11H22O3.C11H24O2.C10H20O3/c1-4-6-7-8-9-11-12(13-3)10-5-2;1-3-4-5-6-7-8-10(14-2)9-11(12)13;1-3-4-5-6-7-8-11(13-2)9-10-12;1-2-3-4-5-6-7-9(11)8-10(12)13/h12H,4-11H2,1-3H3;10H,3-9H2,1-2H3,(H,12,13);11-12H,3-10H2,1-2H3;9,11H,2-8H2,1H3,(H,12,13). The first kappa shape index (κ1) is 58.4. The molecule has 0 amide bonds. The summed E-state index contributed by atoms with van der Waals surface area (Å²) in [5, 5.41) is 34.9. The van der Waals surface area contributed by atoms with Gasteiger partial charge in [0.2, 0.25) is 0 Å². The predicted molar refractivity (Wildman–Crippen MR) is 223 cm³/mol. The summed E-state index contributed by atoms with van der Waals surface area (Å²) in [5.41, 5.74) is 0. The minimum atomic E-state index is -0.916. The molecule has 0 rings (SSSR count). The van der Waals surface area contributed by atoms with Gasteiger partial charge in [0.05, 0.1) is 37.3 Å². The first-order valence-electron chi connectivity index (χ1n) is 21.9. The van der Waals surface area contributed by atoms with Crippen LogP contribution < -0.4 is 0 Å². The van der Waals surface area contributed by atoms with Crippen LogP contribution in [0.3, 0.4) is 0 Å². The number of rotatable bonds is 35. The van der Waals surface area contributed by atoms with Crippen LogP contribution in [0.25, 0.3) is 0 Å². The molecule has 4 unspecified atom stereocenters. The zero-order chi connectivity index (χ0) is 40.8. The zero-order valence-electron chi connectivity index (χ0n) is 36.4. The van der Waals surface area contributed by atoms with Crippen molar-refractivity contribution in [1.82, 2.24) is 0 Å². The Labute approximate surface area is 328 Å². The van der Waals surface area contributed by atoms with Crippen molar-refractivity contribution >= 4 is 11.9 Å². The van der Waals surface area contributed by atoms with Crippen LogP contribution in [0.1, 0.15) is 221 Å². The molecule has 0 spiro atoms. The summed E-state index contributed by atoms with van der Waals surface area (Å²) in [7, 11) is 5.15. The molecule has 322 valence electrons. The highest BCUT2D eigenvalue weighted by Gasteiger charge is 2.11. The molecule has 0 fully saturated rings. The Kier molecular flexibility index (Phi) is 56.0. The molecule has 0 aromatic rings. The summed E-state index contributed by atoms with van der Waals surface area (Å²) < 4.78 is 15.7. The van der Waals surface area contributed by atoms with Crippen molar-refractivity contribution in [3.63, 3.8) is 0 Å². The third-order valence-electron chi connectivity index (χ3n) is 9.40. The fourth-order valence-electron chi connectivity index (χ4n) is 5.94. The molecule has 0 saturated carbocycles. The van der Waals surface area contributed by atoms with Crippen LogP contribution >= 0.6 is 0 Å². The maximum atomic E-state index is 10.4. The van der Waals surface area contributed by atoms with Gasteiger partial charge in [-0.15, -0.1) is 0 Å². The molecule has 0 aromatic carbocycles. The van der Waals surface area contributed by atoms with Crippen LogP contribution in [-0.4, -0.2) is 84.7 Å². The SMILES string of the molecule is CCCCCCCC(CC(=O)O)OC.CCCCCCCC(CCC)OC.CCCCCCCC(CCO)OC.CCCCCCCC(O)CC(=O)O. The first-order chi connectivity index (χ1) is 25.6. The van der Waals surface area contributed by atoms with E-state index in [1.165, 1.54) is 128 Å². The highest BCUT2D eigenvalue weighted by molar-refractivity contribution is 5.67. The number of hydrogen-bond acceptors (Lipinski definition) is 7. The molecule has 4 N–H and O–H groups in total. The van der Waals surface area contributed by atoms with E-state index < -0.39 is 18.0 Å². The minimum Gasteiger partial charge on any atom is -0.481 e. The van der Waals surface area contributed by atoms with Gasteiger partial charge in [0, 0.05) is 27.9 Å². The van der Waals surface area contributed by atoms with Crippen LogP contribution in [0.15, 0.2) is 0 Å². The van der Waals surface area contributed by atoms with E-state index in [9.17, 15) is 14.7 Å². The summed E-state index contributed by atoms with van der Waals surface area (Å²) in [6.07, 6.45) is 32.2. The second-order valence-electron chi connectivity index (χ2n) is 14.5. The number of carboxylic acid groups (broad SMARTS) is 2. The van der Waals surface area contributed by atoms with Gasteiger partial charge in [-0.25, -0.2) is 0 Å². The minimum absolute atomic E-state index is 0.103. The van der Waals surface area contributed by atoms with Gasteiger partial charge in [0.15, 0.2) is 0 Å². The van der Waals surface area contributed by atoms with Gasteiger partial charge >= 0.3 is 11.9 Å². The number of ether oxygens (including phenoxy) is 3. The van der Waals surface area contributed by atoms with E-state index >= 15 is 0 Å². The van der Waals surface area contributed by atoms with Gasteiger partial charge in [0.25, 0.3) is 0 Å². The Morgan fingerprint density at radius 2 is 0.736 bits per heavy atom. The summed E-state index contributed by atoms with van der Waals surface area (Å²) in [5.74, 6) is -1.69. The molecular weight excluding hydrogens is 672 g/mol. The van der Waals surface area contributed by atoms with Crippen LogP contribution in [0.2, 0.25) is 0 Å². The van der Waals surface area contributed by atoms with E-state index in [1.54, 1.807) is 14.2 Å². The van der Waals surface area contributed by atoms with Gasteiger partial charge in [-0.3, -0.25) is 9.59 Å². The van der Waals surface area contributed by atoms with E-state index in [-0.39, 0.29) is 31.7 Å². The molecule has 53 heavy (non-hydrogen) atoms. The second-order valence-corrected chi connectivity index (χ2v) is 14.5. The Bertz CT molecular complexity index is 668. The van der Waals surface area contributed by atoms with Crippen LogP contribution in [-0.2, 0) is 23.8 Å². The lowest BCUT2D eigenvalue weighted by molar-refractivity contribution is -0.140. The number of aliphatic carboxylic acids is 2. The van der Waals surface area contributed by atoms with Gasteiger partial charge in [-0.2, -0.15) is 0 Å². The van der Waals surface area contributed by atoms with Crippen molar-refractivity contribution in [1.29, 1.82) is 0 Å². The van der Waals surface area contributed by atoms with Crippen molar-refractivity contribution in [2.75, 3.05) is 27.9 Å². The monoisotopic (exact) mass is 765 g/mol. The van der Waals surface area contributed by atoms with Crippen LogP contribution in [0.5, 0.6) is 0 Å². The molecule has 0 aliphatic heterocycles. The van der Waals surface area contributed by atoms with E-state index in [0.717, 1.165) is 38.5 Å². The number of carbonyl (C=O) groups is 2. The molecule has 0 heterocycles. The Morgan fingerprint density at radius 3 is 1.04 bits per heavy atom. The Hall–Kier alpha value is -1.26. The van der Waals surface area contributed by atoms with Gasteiger partial charge < -0.3 is 34.6 Å². The summed E-state index contributed by atoms with van der Waals surface area (Å²) in [4.78, 5) is 20.6. The Morgan fingerprint density at radius 1 is 0.415 bits per heavy atom. The van der Waals surface area contributed by atoms with E-state index in [2.05, 4.69) is 34.6 Å². The lowest BCUT2D eigenvalue weighted by Gasteiger charge is -2.13. The topological polar surface area (TPSA) is 143 Å². The molecule has 0 aliphatic rings. The average Bonchev–Trinajstić information content (AvgIpc) is 3.13. The smallest absolute Gasteiger partial charge is 0.305 e. The molecule has 9 heteroatoms. The fourth-order valence-corrected chi connectivity index (χ4v) is 5.94. The van der Waals surface area contributed by atoms with E-state index in [0.29, 0.717) is 12.5 Å². The van der Waals surface area contributed by atoms with Crippen molar-refractivity contribution in [2.45, 2.75) is 245 Å². The number of carboxylic acids is 2. The molecular formula is C44H92O9. The average molecular weight is 765 g/mol. The number of methoxy groups -OCH3 is 3. The highest BCUT2D eigenvalue weighted by atomic mass is 16.5. The molecule has 4 atom stereocenters. The second kappa shape index (κ2) is 50.7. The maximum Gasteiger partial charge on any atom is 0.305 e. The van der Waals surface area contributed by atoms with Crippen molar-refractivity contribution in [3.8, 4) is 0 Å². The summed E-state index contributed by atoms with van der Waals surface area (Å²) >= 11 is 0. The van der Waals surface area contributed by atoms with Crippen LogP contribution in [0.4, 0.5) is 0 Å². The fraction of sp³-hybridized carbons (Fsp3) is 0.955. The largest absolute Gasteiger partial charge is 0.481 e. The molecule has 0 radical (unpaired) electrons. The number of aliphatic hydroxyl groups is 2. The highest BCUT2D eigenvalue weighted by Crippen LogP contribution is 2.14. The lowest BCUT2D eigenvalue weighted by atomic mass is 10.1. The first-order valence-corrected chi connectivity index (χ1v) is 21.9. The normalized spacial score (nSPS) is 12.9. The predicted octanol–water partition coefficient (Wildman–Crippen LogP) is 11.9. The zero-order valence-corrected chi connectivity index (χ0v) is 36.4. The Balaban J connectivity index is -0.000000302. The quantitative estimate of drug-likeness (QED) is 0.0464. The van der Waals surface area contributed by atoms with E-state index in [4.69, 9.17) is 29.5 Å². The van der Waals surface area contributed by atoms with Crippen LogP contribution in [0, 0.1) is 0 Å².